The lowest BCUT2D eigenvalue weighted by Crippen LogP contribution is -2.44. The molecule has 3 nitrogen and oxygen atoms in total. The van der Waals surface area contributed by atoms with Crippen LogP contribution in [-0.4, -0.2) is 35.9 Å². The van der Waals surface area contributed by atoms with Crippen molar-refractivity contribution in [2.75, 3.05) is 18.4 Å². The van der Waals surface area contributed by atoms with Gasteiger partial charge in [-0.25, -0.2) is 12.7 Å². The number of hydrogen-bond acceptors (Lipinski definition) is 2. The van der Waals surface area contributed by atoms with Gasteiger partial charge >= 0.3 is 0 Å². The molecule has 0 aromatic carbocycles. The Morgan fingerprint density at radius 3 is 2.00 bits per heavy atom. The number of halogens is 1. The second-order valence-corrected chi connectivity index (χ2v) is 7.69. The summed E-state index contributed by atoms with van der Waals surface area (Å²) < 4.78 is 24.9. The molecule has 86 valence electrons. The molecule has 0 bridgehead atoms. The zero-order valence-corrected chi connectivity index (χ0v) is 11.8. The maximum atomic E-state index is 12.0. The lowest BCUT2D eigenvalue weighted by atomic mass is 10.3. The van der Waals surface area contributed by atoms with Gasteiger partial charge in [-0.1, -0.05) is 22.9 Å². The predicted molar refractivity (Wildman–Crippen MR) is 64.3 cm³/mol. The number of sulfonamides is 1. The van der Waals surface area contributed by atoms with Crippen LogP contribution < -0.4 is 0 Å². The van der Waals surface area contributed by atoms with Gasteiger partial charge in [-0.3, -0.25) is 0 Å². The van der Waals surface area contributed by atoms with Gasteiger partial charge < -0.3 is 0 Å². The molecule has 0 rings (SSSR count). The van der Waals surface area contributed by atoms with E-state index in [0.29, 0.717) is 18.4 Å². The number of rotatable bonds is 5. The van der Waals surface area contributed by atoms with Crippen molar-refractivity contribution >= 4 is 26.0 Å². The summed E-state index contributed by atoms with van der Waals surface area (Å²) in [6.07, 6.45) is 0.850. The summed E-state index contributed by atoms with van der Waals surface area (Å²) in [6.45, 7) is 8.34. The third-order valence-corrected chi connectivity index (χ3v) is 4.87. The van der Waals surface area contributed by atoms with Crippen LogP contribution >= 0.6 is 15.9 Å². The fourth-order valence-electron chi connectivity index (χ4n) is 1.08. The Balaban J connectivity index is 4.81. The number of nitrogens with zero attached hydrogens (tertiary/aromatic N) is 1. The molecule has 0 spiro atoms. The zero-order valence-electron chi connectivity index (χ0n) is 9.38. The highest BCUT2D eigenvalue weighted by molar-refractivity contribution is 9.09. The van der Waals surface area contributed by atoms with E-state index in [0.717, 1.165) is 6.42 Å². The van der Waals surface area contributed by atoms with Crippen LogP contribution in [0.5, 0.6) is 0 Å². The standard InChI is InChI=1S/C9H20BrNO2S/c1-5-7-11(8-6-10)14(12,13)9(2,3)4/h5-8H2,1-4H3. The second kappa shape index (κ2) is 5.47. The third-order valence-electron chi connectivity index (χ3n) is 1.92. The van der Waals surface area contributed by atoms with Crippen LogP contribution in [0.3, 0.4) is 0 Å². The van der Waals surface area contributed by atoms with Crippen LogP contribution in [0.4, 0.5) is 0 Å². The number of alkyl halides is 1. The van der Waals surface area contributed by atoms with Gasteiger partial charge in [0.2, 0.25) is 10.0 Å². The van der Waals surface area contributed by atoms with E-state index in [1.165, 1.54) is 0 Å². The van der Waals surface area contributed by atoms with Crippen molar-refractivity contribution in [3.05, 3.63) is 0 Å². The van der Waals surface area contributed by atoms with E-state index < -0.39 is 14.8 Å². The fourth-order valence-corrected chi connectivity index (χ4v) is 3.28. The number of hydrogen-bond donors (Lipinski definition) is 0. The predicted octanol–water partition coefficient (Wildman–Crippen LogP) is 2.22. The minimum absolute atomic E-state index is 0.549. The van der Waals surface area contributed by atoms with Crippen LogP contribution in [0, 0.1) is 0 Å². The molecule has 0 unspecified atom stereocenters. The Bertz CT molecular complexity index is 250. The molecule has 0 N–H and O–H groups in total. The van der Waals surface area contributed by atoms with Crippen molar-refractivity contribution in [1.29, 1.82) is 0 Å². The first-order valence-corrected chi connectivity index (χ1v) is 7.39. The van der Waals surface area contributed by atoms with Crippen molar-refractivity contribution in [3.63, 3.8) is 0 Å². The van der Waals surface area contributed by atoms with Crippen molar-refractivity contribution in [2.24, 2.45) is 0 Å². The normalized spacial score (nSPS) is 13.6. The lowest BCUT2D eigenvalue weighted by Gasteiger charge is -2.29. The monoisotopic (exact) mass is 285 g/mol. The van der Waals surface area contributed by atoms with E-state index in [-0.39, 0.29) is 0 Å². The van der Waals surface area contributed by atoms with Crippen LogP contribution in [0.25, 0.3) is 0 Å². The first-order valence-electron chi connectivity index (χ1n) is 4.83. The maximum absolute atomic E-state index is 12.0. The molecule has 0 aliphatic carbocycles. The molecule has 0 fully saturated rings. The summed E-state index contributed by atoms with van der Waals surface area (Å²) in [5.41, 5.74) is 0. The van der Waals surface area contributed by atoms with Gasteiger partial charge in [-0.2, -0.15) is 0 Å². The van der Waals surface area contributed by atoms with Crippen LogP contribution in [0.1, 0.15) is 34.1 Å². The maximum Gasteiger partial charge on any atom is 0.219 e. The molecule has 0 amide bonds. The highest BCUT2D eigenvalue weighted by Crippen LogP contribution is 2.20. The Morgan fingerprint density at radius 1 is 1.21 bits per heavy atom. The molecule has 0 aromatic rings. The summed E-state index contributed by atoms with van der Waals surface area (Å²) in [6, 6.07) is 0. The molecule has 0 aliphatic heterocycles. The van der Waals surface area contributed by atoms with Crippen LogP contribution in [0.15, 0.2) is 0 Å². The highest BCUT2D eigenvalue weighted by atomic mass is 79.9. The molecule has 0 saturated carbocycles. The molecule has 0 aliphatic rings. The second-order valence-electron chi connectivity index (χ2n) is 4.21. The summed E-state index contributed by atoms with van der Waals surface area (Å²) >= 11 is 3.27. The lowest BCUT2D eigenvalue weighted by molar-refractivity contribution is 0.411. The molecule has 5 heteroatoms. The molecular weight excluding hydrogens is 266 g/mol. The largest absolute Gasteiger partial charge is 0.219 e. The molecular formula is C9H20BrNO2S. The summed E-state index contributed by atoms with van der Waals surface area (Å²) in [5.74, 6) is 0. The average Bonchev–Trinajstić information content (AvgIpc) is 2.02. The molecule has 0 saturated heterocycles. The molecule has 0 heterocycles. The van der Waals surface area contributed by atoms with Gasteiger partial charge in [0.1, 0.15) is 0 Å². The third kappa shape index (κ3) is 3.51. The average molecular weight is 286 g/mol. The van der Waals surface area contributed by atoms with Gasteiger partial charge in [0.25, 0.3) is 0 Å². The van der Waals surface area contributed by atoms with E-state index in [2.05, 4.69) is 15.9 Å². The van der Waals surface area contributed by atoms with E-state index >= 15 is 0 Å². The molecule has 0 aromatic heterocycles. The Labute approximate surface area is 96.0 Å². The van der Waals surface area contributed by atoms with Crippen molar-refractivity contribution in [3.8, 4) is 0 Å². The highest BCUT2D eigenvalue weighted by Gasteiger charge is 2.34. The fraction of sp³-hybridized carbons (Fsp3) is 1.00. The minimum atomic E-state index is -3.16. The summed E-state index contributed by atoms with van der Waals surface area (Å²) in [4.78, 5) is 0. The van der Waals surface area contributed by atoms with Crippen LogP contribution in [0.2, 0.25) is 0 Å². The van der Waals surface area contributed by atoms with E-state index in [1.54, 1.807) is 25.1 Å². The van der Waals surface area contributed by atoms with E-state index in [1.807, 2.05) is 6.92 Å². The smallest absolute Gasteiger partial charge is 0.212 e. The molecule has 0 atom stereocenters. The first-order chi connectivity index (χ1) is 6.27. The van der Waals surface area contributed by atoms with Gasteiger partial charge in [0, 0.05) is 18.4 Å². The Hall–Kier alpha value is 0.390. The van der Waals surface area contributed by atoms with Gasteiger partial charge in [0.15, 0.2) is 0 Å². The molecule has 0 radical (unpaired) electrons. The zero-order chi connectivity index (χ0) is 11.4. The van der Waals surface area contributed by atoms with E-state index in [4.69, 9.17) is 0 Å². The van der Waals surface area contributed by atoms with Crippen LogP contribution in [-0.2, 0) is 10.0 Å². The minimum Gasteiger partial charge on any atom is -0.212 e. The summed E-state index contributed by atoms with van der Waals surface area (Å²) in [5, 5.41) is 0.683. The van der Waals surface area contributed by atoms with Crippen molar-refractivity contribution in [2.45, 2.75) is 38.9 Å². The van der Waals surface area contributed by atoms with Crippen molar-refractivity contribution in [1.82, 2.24) is 4.31 Å². The first kappa shape index (κ1) is 14.4. The quantitative estimate of drug-likeness (QED) is 0.727. The summed E-state index contributed by atoms with van der Waals surface area (Å²) in [7, 11) is -3.16. The van der Waals surface area contributed by atoms with Gasteiger partial charge in [-0.15, -0.1) is 0 Å². The van der Waals surface area contributed by atoms with Gasteiger partial charge in [-0.05, 0) is 27.2 Å². The Morgan fingerprint density at radius 2 is 1.71 bits per heavy atom. The van der Waals surface area contributed by atoms with E-state index in [9.17, 15) is 8.42 Å². The SMILES string of the molecule is CCCN(CCBr)S(=O)(=O)C(C)(C)C. The Kier molecular flexibility index (Phi) is 5.62. The van der Waals surface area contributed by atoms with Crippen molar-refractivity contribution < 1.29 is 8.42 Å². The molecule has 14 heavy (non-hydrogen) atoms. The van der Waals surface area contributed by atoms with Gasteiger partial charge in [0.05, 0.1) is 4.75 Å². The topological polar surface area (TPSA) is 37.4 Å².